The minimum absolute atomic E-state index is 0.0567. The Morgan fingerprint density at radius 2 is 1.62 bits per heavy atom. The van der Waals surface area contributed by atoms with E-state index in [0.717, 1.165) is 22.8 Å². The number of hydrogen-bond donors (Lipinski definition) is 1. The van der Waals surface area contributed by atoms with Crippen molar-refractivity contribution < 1.29 is 13.2 Å². The first-order chi connectivity index (χ1) is 9.86. The number of benzene rings is 2. The van der Waals surface area contributed by atoms with Crippen molar-refractivity contribution in [3.05, 3.63) is 69.0 Å². The first-order valence-corrected chi connectivity index (χ1v) is 6.82. The predicted molar refractivity (Wildman–Crippen MR) is 78.1 cm³/mol. The van der Waals surface area contributed by atoms with Crippen LogP contribution in [0.25, 0.3) is 0 Å². The van der Waals surface area contributed by atoms with E-state index in [-0.39, 0.29) is 5.56 Å². The summed E-state index contributed by atoms with van der Waals surface area (Å²) in [4.78, 5) is 0. The Kier molecular flexibility index (Phi) is 4.59. The molecule has 2 aromatic carbocycles. The van der Waals surface area contributed by atoms with Crippen molar-refractivity contribution in [1.29, 1.82) is 0 Å². The van der Waals surface area contributed by atoms with E-state index in [1.54, 1.807) is 13.1 Å². The Morgan fingerprint density at radius 1 is 0.952 bits per heavy atom. The van der Waals surface area contributed by atoms with Gasteiger partial charge in [0, 0.05) is 10.6 Å². The number of halogens is 4. The number of aryl methyl sites for hydroxylation is 2. The molecule has 0 saturated carbocycles. The molecule has 1 unspecified atom stereocenters. The highest BCUT2D eigenvalue weighted by molar-refractivity contribution is 6.31. The van der Waals surface area contributed by atoms with Crippen LogP contribution in [0.15, 0.2) is 24.3 Å². The summed E-state index contributed by atoms with van der Waals surface area (Å²) in [6, 6.07) is 5.18. The molecule has 1 N–H and O–H groups in total. The second-order valence-electron chi connectivity index (χ2n) is 4.94. The van der Waals surface area contributed by atoms with Crippen LogP contribution < -0.4 is 5.32 Å². The largest absolute Gasteiger partial charge is 0.309 e. The Balaban J connectivity index is 2.60. The van der Waals surface area contributed by atoms with Crippen molar-refractivity contribution in [2.75, 3.05) is 7.05 Å². The maximum atomic E-state index is 14.0. The Hall–Kier alpha value is -1.52. The molecule has 112 valence electrons. The van der Waals surface area contributed by atoms with E-state index < -0.39 is 23.5 Å². The molecule has 0 fully saturated rings. The molecule has 5 heteroatoms. The smallest absolute Gasteiger partial charge is 0.194 e. The highest BCUT2D eigenvalue weighted by atomic mass is 35.5. The summed E-state index contributed by atoms with van der Waals surface area (Å²) in [5, 5.41) is 3.55. The summed E-state index contributed by atoms with van der Waals surface area (Å²) < 4.78 is 40.5. The zero-order valence-electron chi connectivity index (χ0n) is 11.9. The van der Waals surface area contributed by atoms with Crippen LogP contribution in [-0.2, 0) is 0 Å². The first kappa shape index (κ1) is 15.9. The van der Waals surface area contributed by atoms with Gasteiger partial charge in [-0.1, -0.05) is 23.7 Å². The Labute approximate surface area is 126 Å². The molecule has 0 heterocycles. The monoisotopic (exact) mass is 313 g/mol. The van der Waals surface area contributed by atoms with Crippen LogP contribution >= 0.6 is 11.6 Å². The lowest BCUT2D eigenvalue weighted by atomic mass is 9.93. The number of hydrogen-bond acceptors (Lipinski definition) is 1. The lowest BCUT2D eigenvalue weighted by Crippen LogP contribution is -2.21. The molecule has 0 spiro atoms. The molecule has 1 atom stereocenters. The number of nitrogens with one attached hydrogen (secondary N) is 1. The van der Waals surface area contributed by atoms with Gasteiger partial charge in [-0.25, -0.2) is 13.2 Å². The molecular formula is C16H15ClF3N. The summed E-state index contributed by atoms with van der Waals surface area (Å²) in [7, 11) is 1.63. The minimum atomic E-state index is -1.46. The van der Waals surface area contributed by atoms with Gasteiger partial charge in [0.2, 0.25) is 0 Å². The highest BCUT2D eigenvalue weighted by Crippen LogP contribution is 2.31. The van der Waals surface area contributed by atoms with Crippen molar-refractivity contribution in [3.63, 3.8) is 0 Å². The summed E-state index contributed by atoms with van der Waals surface area (Å²) in [6.45, 7) is 3.67. The van der Waals surface area contributed by atoms with Gasteiger partial charge in [0.1, 0.15) is 0 Å². The molecule has 2 aromatic rings. The second-order valence-corrected chi connectivity index (χ2v) is 5.35. The third-order valence-electron chi connectivity index (χ3n) is 3.52. The molecule has 0 aromatic heterocycles. The number of rotatable bonds is 3. The van der Waals surface area contributed by atoms with E-state index in [4.69, 9.17) is 11.6 Å². The normalized spacial score (nSPS) is 12.5. The van der Waals surface area contributed by atoms with Crippen molar-refractivity contribution >= 4 is 11.6 Å². The molecule has 0 aliphatic rings. The molecule has 0 saturated heterocycles. The Bertz CT molecular complexity index is 684. The van der Waals surface area contributed by atoms with E-state index in [2.05, 4.69) is 5.32 Å². The van der Waals surface area contributed by atoms with E-state index in [0.29, 0.717) is 5.02 Å². The molecule has 0 aliphatic carbocycles. The van der Waals surface area contributed by atoms with Gasteiger partial charge in [0.05, 0.1) is 6.04 Å². The third kappa shape index (κ3) is 2.92. The van der Waals surface area contributed by atoms with Gasteiger partial charge in [-0.05, 0) is 49.7 Å². The van der Waals surface area contributed by atoms with Crippen molar-refractivity contribution in [2.45, 2.75) is 19.9 Å². The van der Waals surface area contributed by atoms with Crippen molar-refractivity contribution in [2.24, 2.45) is 0 Å². The van der Waals surface area contributed by atoms with Crippen LogP contribution in [0.1, 0.15) is 28.3 Å². The molecule has 0 bridgehead atoms. The van der Waals surface area contributed by atoms with Crippen LogP contribution in [0.4, 0.5) is 13.2 Å². The average molecular weight is 314 g/mol. The summed E-state index contributed by atoms with van der Waals surface area (Å²) >= 11 is 6.05. The fourth-order valence-corrected chi connectivity index (χ4v) is 2.57. The molecule has 21 heavy (non-hydrogen) atoms. The van der Waals surface area contributed by atoms with Gasteiger partial charge in [-0.2, -0.15) is 0 Å². The quantitative estimate of drug-likeness (QED) is 0.811. The van der Waals surface area contributed by atoms with Gasteiger partial charge in [-0.15, -0.1) is 0 Å². The summed E-state index contributed by atoms with van der Waals surface area (Å²) in [6.07, 6.45) is 0. The van der Waals surface area contributed by atoms with Crippen LogP contribution in [0.2, 0.25) is 5.02 Å². The second kappa shape index (κ2) is 6.08. The zero-order chi connectivity index (χ0) is 15.7. The highest BCUT2D eigenvalue weighted by Gasteiger charge is 2.22. The van der Waals surface area contributed by atoms with Crippen molar-refractivity contribution in [3.8, 4) is 0 Å². The Morgan fingerprint density at radius 3 is 2.24 bits per heavy atom. The maximum Gasteiger partial charge on any atom is 0.194 e. The summed E-state index contributed by atoms with van der Waals surface area (Å²) in [5.41, 5.74) is 2.50. The fourth-order valence-electron chi connectivity index (χ4n) is 2.36. The zero-order valence-corrected chi connectivity index (χ0v) is 12.7. The van der Waals surface area contributed by atoms with Crippen LogP contribution in [0, 0.1) is 31.3 Å². The lowest BCUT2D eigenvalue weighted by Gasteiger charge is -2.21. The fraction of sp³-hybridized carbons (Fsp3) is 0.250. The maximum absolute atomic E-state index is 14.0. The van der Waals surface area contributed by atoms with E-state index >= 15 is 0 Å². The summed E-state index contributed by atoms with van der Waals surface area (Å²) in [5.74, 6) is -3.84. The SMILES string of the molecule is CNC(c1cc(C)c(Cl)cc1C)c1ccc(F)c(F)c1F. The third-order valence-corrected chi connectivity index (χ3v) is 3.93. The van der Waals surface area contributed by atoms with E-state index in [9.17, 15) is 13.2 Å². The van der Waals surface area contributed by atoms with Gasteiger partial charge in [0.15, 0.2) is 17.5 Å². The molecule has 0 radical (unpaired) electrons. The van der Waals surface area contributed by atoms with Crippen molar-refractivity contribution in [1.82, 2.24) is 5.32 Å². The minimum Gasteiger partial charge on any atom is -0.309 e. The standard InChI is InChI=1S/C16H15ClF3N/c1-8-7-12(17)9(2)6-11(8)16(21-3)10-4-5-13(18)15(20)14(10)19/h4-7,16,21H,1-3H3. The molecule has 2 rings (SSSR count). The van der Waals surface area contributed by atoms with E-state index in [1.165, 1.54) is 6.07 Å². The molecule has 0 amide bonds. The van der Waals surface area contributed by atoms with Crippen LogP contribution in [-0.4, -0.2) is 7.05 Å². The van der Waals surface area contributed by atoms with Crippen LogP contribution in [0.3, 0.4) is 0 Å². The molecular weight excluding hydrogens is 299 g/mol. The van der Waals surface area contributed by atoms with Gasteiger partial charge < -0.3 is 5.32 Å². The first-order valence-electron chi connectivity index (χ1n) is 6.44. The predicted octanol–water partition coefficient (Wildman–Crippen LogP) is 4.68. The lowest BCUT2D eigenvalue weighted by molar-refractivity contribution is 0.435. The van der Waals surface area contributed by atoms with Crippen LogP contribution in [0.5, 0.6) is 0 Å². The van der Waals surface area contributed by atoms with E-state index in [1.807, 2.05) is 19.9 Å². The van der Waals surface area contributed by atoms with Gasteiger partial charge >= 0.3 is 0 Å². The topological polar surface area (TPSA) is 12.0 Å². The average Bonchev–Trinajstić information content (AvgIpc) is 2.44. The van der Waals surface area contributed by atoms with Gasteiger partial charge in [-0.3, -0.25) is 0 Å². The molecule has 1 nitrogen and oxygen atoms in total. The van der Waals surface area contributed by atoms with Gasteiger partial charge in [0.25, 0.3) is 0 Å². The molecule has 0 aliphatic heterocycles.